The summed E-state index contributed by atoms with van der Waals surface area (Å²) in [6.45, 7) is -2.95. The maximum Gasteiger partial charge on any atom is 0.387 e. The largest absolute Gasteiger partial charge is 0.493 e. The highest BCUT2D eigenvalue weighted by Gasteiger charge is 2.14. The van der Waals surface area contributed by atoms with Crippen LogP contribution in [0.1, 0.15) is 15.9 Å². The third-order valence-corrected chi connectivity index (χ3v) is 3.93. The molecule has 0 atom stereocenters. The normalized spacial score (nSPS) is 10.4. The van der Waals surface area contributed by atoms with E-state index in [9.17, 15) is 18.4 Å². The average molecular weight is 409 g/mol. The summed E-state index contributed by atoms with van der Waals surface area (Å²) in [6.07, 6.45) is 0. The minimum atomic E-state index is -2.96. The van der Waals surface area contributed by atoms with E-state index < -0.39 is 12.6 Å². The van der Waals surface area contributed by atoms with Gasteiger partial charge in [-0.2, -0.15) is 8.78 Å². The summed E-state index contributed by atoms with van der Waals surface area (Å²) >= 11 is 0. The van der Waals surface area contributed by atoms with Crippen LogP contribution >= 0.6 is 0 Å². The second kappa shape index (κ2) is 10.3. The number of esters is 1. The summed E-state index contributed by atoms with van der Waals surface area (Å²) in [5.41, 5.74) is 1.04. The molecule has 0 aliphatic carbocycles. The standard InChI is InChI=1S/C20H21F2NO6/c1-23(11-13-4-9-16(29-20(21)22)17(10-13)26-2)18(24)12-28-15-7-5-14(6-8-15)19(25)27-3/h4-10,20H,11-12H2,1-3H3. The van der Waals surface area contributed by atoms with Gasteiger partial charge in [-0.1, -0.05) is 6.07 Å². The van der Waals surface area contributed by atoms with E-state index >= 15 is 0 Å². The number of carbonyl (C=O) groups is 2. The van der Waals surface area contributed by atoms with Crippen molar-refractivity contribution < 1.29 is 37.3 Å². The Kier molecular flexibility index (Phi) is 7.76. The van der Waals surface area contributed by atoms with Crippen LogP contribution < -0.4 is 14.2 Å². The van der Waals surface area contributed by atoms with Gasteiger partial charge in [-0.25, -0.2) is 4.79 Å². The number of likely N-dealkylation sites (N-methyl/N-ethyl adjacent to an activating group) is 1. The van der Waals surface area contributed by atoms with Crippen molar-refractivity contribution in [2.75, 3.05) is 27.9 Å². The molecule has 0 heterocycles. The van der Waals surface area contributed by atoms with Gasteiger partial charge in [0, 0.05) is 13.6 Å². The molecule has 0 spiro atoms. The fourth-order valence-corrected chi connectivity index (χ4v) is 2.43. The molecule has 1 amide bonds. The second-order valence-corrected chi connectivity index (χ2v) is 5.92. The van der Waals surface area contributed by atoms with Crippen LogP contribution in [0.4, 0.5) is 8.78 Å². The van der Waals surface area contributed by atoms with Gasteiger partial charge in [0.05, 0.1) is 19.8 Å². The lowest BCUT2D eigenvalue weighted by Crippen LogP contribution is -2.31. The maximum absolute atomic E-state index is 12.4. The highest BCUT2D eigenvalue weighted by atomic mass is 19.3. The molecule has 0 aliphatic rings. The van der Waals surface area contributed by atoms with Gasteiger partial charge < -0.3 is 23.8 Å². The first kappa shape index (κ1) is 21.9. The molecular weight excluding hydrogens is 388 g/mol. The highest BCUT2D eigenvalue weighted by molar-refractivity contribution is 5.89. The zero-order valence-corrected chi connectivity index (χ0v) is 16.2. The fourth-order valence-electron chi connectivity index (χ4n) is 2.43. The molecule has 156 valence electrons. The molecule has 0 unspecified atom stereocenters. The Bertz CT molecular complexity index is 841. The highest BCUT2D eigenvalue weighted by Crippen LogP contribution is 2.29. The molecule has 9 heteroatoms. The van der Waals surface area contributed by atoms with Crippen LogP contribution in [0, 0.1) is 0 Å². The first-order valence-corrected chi connectivity index (χ1v) is 8.51. The number of rotatable bonds is 9. The molecule has 0 saturated heterocycles. The zero-order chi connectivity index (χ0) is 21.4. The van der Waals surface area contributed by atoms with Gasteiger partial charge in [0.1, 0.15) is 5.75 Å². The smallest absolute Gasteiger partial charge is 0.387 e. The van der Waals surface area contributed by atoms with Crippen molar-refractivity contribution >= 4 is 11.9 Å². The summed E-state index contributed by atoms with van der Waals surface area (Å²) in [5.74, 6) is -0.277. The summed E-state index contributed by atoms with van der Waals surface area (Å²) in [4.78, 5) is 25.1. The predicted molar refractivity (Wildman–Crippen MR) is 99.4 cm³/mol. The van der Waals surface area contributed by atoms with Crippen molar-refractivity contribution in [2.45, 2.75) is 13.2 Å². The number of halogens is 2. The summed E-state index contributed by atoms with van der Waals surface area (Å²) in [5, 5.41) is 0. The van der Waals surface area contributed by atoms with E-state index in [0.29, 0.717) is 16.9 Å². The fraction of sp³-hybridized carbons (Fsp3) is 0.300. The van der Waals surface area contributed by atoms with Crippen LogP contribution in [0.5, 0.6) is 17.2 Å². The lowest BCUT2D eigenvalue weighted by atomic mass is 10.2. The number of carbonyl (C=O) groups excluding carboxylic acids is 2. The molecule has 2 aromatic rings. The van der Waals surface area contributed by atoms with E-state index in [0.717, 1.165) is 0 Å². The second-order valence-electron chi connectivity index (χ2n) is 5.92. The first-order valence-electron chi connectivity index (χ1n) is 8.51. The van der Waals surface area contributed by atoms with Crippen molar-refractivity contribution in [3.63, 3.8) is 0 Å². The number of benzene rings is 2. The molecule has 29 heavy (non-hydrogen) atoms. The van der Waals surface area contributed by atoms with E-state index in [1.54, 1.807) is 25.2 Å². The van der Waals surface area contributed by atoms with Crippen LogP contribution in [0.25, 0.3) is 0 Å². The summed E-state index contributed by atoms with van der Waals surface area (Å²) in [7, 11) is 4.21. The Labute approximate surface area is 166 Å². The molecule has 7 nitrogen and oxygen atoms in total. The van der Waals surface area contributed by atoms with Crippen LogP contribution in [-0.4, -0.2) is 51.3 Å². The Morgan fingerprint density at radius 3 is 2.31 bits per heavy atom. The lowest BCUT2D eigenvalue weighted by molar-refractivity contribution is -0.132. The third-order valence-electron chi connectivity index (χ3n) is 3.93. The number of ether oxygens (including phenoxy) is 4. The van der Waals surface area contributed by atoms with Gasteiger partial charge in [0.25, 0.3) is 5.91 Å². The Morgan fingerprint density at radius 2 is 1.72 bits per heavy atom. The average Bonchev–Trinajstić information content (AvgIpc) is 2.72. The maximum atomic E-state index is 12.4. The van der Waals surface area contributed by atoms with Gasteiger partial charge in [-0.15, -0.1) is 0 Å². The van der Waals surface area contributed by atoms with E-state index in [1.165, 1.54) is 43.4 Å². The molecule has 0 aliphatic heterocycles. The van der Waals surface area contributed by atoms with E-state index in [-0.39, 0.29) is 30.6 Å². The van der Waals surface area contributed by atoms with Crippen LogP contribution in [0.2, 0.25) is 0 Å². The zero-order valence-electron chi connectivity index (χ0n) is 16.2. The SMILES string of the molecule is COC(=O)c1ccc(OCC(=O)N(C)Cc2ccc(OC(F)F)c(OC)c2)cc1. The van der Waals surface area contributed by atoms with Crippen molar-refractivity contribution in [3.05, 3.63) is 53.6 Å². The first-order chi connectivity index (χ1) is 13.8. The number of hydrogen-bond acceptors (Lipinski definition) is 6. The Hall–Kier alpha value is -3.36. The molecular formula is C20H21F2NO6. The van der Waals surface area contributed by atoms with Crippen LogP contribution in [0.15, 0.2) is 42.5 Å². The molecule has 0 fully saturated rings. The molecule has 0 saturated carbocycles. The van der Waals surface area contributed by atoms with E-state index in [2.05, 4.69) is 9.47 Å². The molecule has 0 radical (unpaired) electrons. The van der Waals surface area contributed by atoms with Gasteiger partial charge in [0.15, 0.2) is 18.1 Å². The molecule has 2 rings (SSSR count). The van der Waals surface area contributed by atoms with E-state index in [4.69, 9.17) is 9.47 Å². The molecule has 0 bridgehead atoms. The van der Waals surface area contributed by atoms with Crippen LogP contribution in [-0.2, 0) is 16.1 Å². The topological polar surface area (TPSA) is 74.3 Å². The van der Waals surface area contributed by atoms with Gasteiger partial charge in [-0.3, -0.25) is 4.79 Å². The van der Waals surface area contributed by atoms with E-state index in [1.807, 2.05) is 0 Å². The van der Waals surface area contributed by atoms with Gasteiger partial charge in [0.2, 0.25) is 0 Å². The van der Waals surface area contributed by atoms with Gasteiger partial charge >= 0.3 is 12.6 Å². The number of nitrogens with zero attached hydrogens (tertiary/aromatic N) is 1. The van der Waals surface area contributed by atoms with Gasteiger partial charge in [-0.05, 0) is 42.0 Å². The Balaban J connectivity index is 1.92. The lowest BCUT2D eigenvalue weighted by Gasteiger charge is -2.19. The number of methoxy groups -OCH3 is 2. The minimum Gasteiger partial charge on any atom is -0.493 e. The van der Waals surface area contributed by atoms with Crippen molar-refractivity contribution in [2.24, 2.45) is 0 Å². The monoisotopic (exact) mass is 409 g/mol. The van der Waals surface area contributed by atoms with Crippen molar-refractivity contribution in [1.82, 2.24) is 4.90 Å². The molecule has 2 aromatic carbocycles. The van der Waals surface area contributed by atoms with Crippen molar-refractivity contribution in [1.29, 1.82) is 0 Å². The Morgan fingerprint density at radius 1 is 1.03 bits per heavy atom. The minimum absolute atomic E-state index is 0.0843. The third kappa shape index (κ3) is 6.34. The molecule has 0 N–H and O–H groups in total. The quantitative estimate of drug-likeness (QED) is 0.593. The van der Waals surface area contributed by atoms with Crippen molar-refractivity contribution in [3.8, 4) is 17.2 Å². The summed E-state index contributed by atoms with van der Waals surface area (Å²) < 4.78 is 44.2. The van der Waals surface area contributed by atoms with Crippen LogP contribution in [0.3, 0.4) is 0 Å². The molecule has 0 aromatic heterocycles. The number of alkyl halides is 2. The number of amides is 1. The predicted octanol–water partition coefficient (Wildman–Crippen LogP) is 3.12. The number of hydrogen-bond donors (Lipinski definition) is 0. The summed E-state index contributed by atoms with van der Waals surface area (Å²) in [6, 6.07) is 10.6.